The van der Waals surface area contributed by atoms with E-state index in [-0.39, 0.29) is 12.1 Å². The second-order valence-corrected chi connectivity index (χ2v) is 6.14. The van der Waals surface area contributed by atoms with Crippen molar-refractivity contribution in [3.63, 3.8) is 0 Å². The fourth-order valence-electron chi connectivity index (χ4n) is 3.20. The third-order valence-electron chi connectivity index (χ3n) is 4.35. The van der Waals surface area contributed by atoms with Crippen molar-refractivity contribution in [1.82, 2.24) is 24.8 Å². The van der Waals surface area contributed by atoms with Gasteiger partial charge in [0.2, 0.25) is 0 Å². The Morgan fingerprint density at radius 1 is 1.08 bits per heavy atom. The van der Waals surface area contributed by atoms with Crippen molar-refractivity contribution in [3.05, 3.63) is 78.6 Å². The Bertz CT molecular complexity index is 846. The fourth-order valence-corrected chi connectivity index (χ4v) is 3.44. The maximum atomic E-state index is 5.50. The molecule has 0 saturated carbocycles. The van der Waals surface area contributed by atoms with E-state index >= 15 is 0 Å². The predicted molar refractivity (Wildman–Crippen MR) is 96.8 cm³/mol. The highest BCUT2D eigenvalue weighted by Gasteiger charge is 2.39. The van der Waals surface area contributed by atoms with Gasteiger partial charge in [-0.15, -0.1) is 0 Å². The average molecular weight is 335 g/mol. The molecule has 24 heavy (non-hydrogen) atoms. The van der Waals surface area contributed by atoms with Gasteiger partial charge < -0.3 is 14.8 Å². The SMILES string of the molecule is CN1C(=S)NC(c2ccccn2)C1c1cccn1-c1cccnc1. The molecule has 120 valence electrons. The molecule has 0 aliphatic carbocycles. The number of rotatable bonds is 3. The molecule has 1 fully saturated rings. The molecule has 4 heterocycles. The Morgan fingerprint density at radius 3 is 2.75 bits per heavy atom. The standard InChI is InChI=1S/C18H17N5S/c1-22-17(16(21-18(22)24)14-7-2-3-10-20-14)15-8-5-11-23(15)13-6-4-9-19-12-13/h2-12,16-17H,1H3,(H,21,24). The molecule has 2 unspecified atom stereocenters. The van der Waals surface area contributed by atoms with Gasteiger partial charge in [-0.3, -0.25) is 9.97 Å². The zero-order valence-electron chi connectivity index (χ0n) is 13.2. The topological polar surface area (TPSA) is 46.0 Å². The molecule has 0 aromatic carbocycles. The first-order chi connectivity index (χ1) is 11.8. The summed E-state index contributed by atoms with van der Waals surface area (Å²) in [6.45, 7) is 0. The number of hydrogen-bond donors (Lipinski definition) is 1. The lowest BCUT2D eigenvalue weighted by Gasteiger charge is -2.25. The van der Waals surface area contributed by atoms with E-state index in [1.54, 1.807) is 6.20 Å². The molecule has 0 bridgehead atoms. The first kappa shape index (κ1) is 14.8. The number of pyridine rings is 2. The molecule has 1 aliphatic rings. The molecule has 0 spiro atoms. The van der Waals surface area contributed by atoms with Gasteiger partial charge in [0.25, 0.3) is 0 Å². The summed E-state index contributed by atoms with van der Waals surface area (Å²) in [4.78, 5) is 10.8. The molecule has 5 nitrogen and oxygen atoms in total. The van der Waals surface area contributed by atoms with Crippen molar-refractivity contribution >= 4 is 17.3 Å². The third-order valence-corrected chi connectivity index (χ3v) is 4.75. The van der Waals surface area contributed by atoms with E-state index in [1.807, 2.05) is 55.8 Å². The Hall–Kier alpha value is -2.73. The average Bonchev–Trinajstić information content (AvgIpc) is 3.22. The molecule has 3 aromatic rings. The van der Waals surface area contributed by atoms with Crippen molar-refractivity contribution in [2.45, 2.75) is 12.1 Å². The van der Waals surface area contributed by atoms with Gasteiger partial charge in [-0.1, -0.05) is 6.07 Å². The second-order valence-electron chi connectivity index (χ2n) is 5.75. The van der Waals surface area contributed by atoms with E-state index in [1.165, 1.54) is 0 Å². The van der Waals surface area contributed by atoms with Crippen LogP contribution in [0.2, 0.25) is 0 Å². The molecular formula is C18H17N5S. The molecule has 4 rings (SSSR count). The highest BCUT2D eigenvalue weighted by atomic mass is 32.1. The van der Waals surface area contributed by atoms with Crippen molar-refractivity contribution in [2.75, 3.05) is 7.05 Å². The minimum Gasteiger partial charge on any atom is -0.352 e. The summed E-state index contributed by atoms with van der Waals surface area (Å²) < 4.78 is 2.15. The minimum absolute atomic E-state index is 0.00835. The van der Waals surface area contributed by atoms with Crippen LogP contribution >= 0.6 is 12.2 Å². The summed E-state index contributed by atoms with van der Waals surface area (Å²) >= 11 is 5.50. The van der Waals surface area contributed by atoms with Crippen LogP contribution in [0.15, 0.2) is 67.3 Å². The Labute approximate surface area is 146 Å². The van der Waals surface area contributed by atoms with Gasteiger partial charge >= 0.3 is 0 Å². The molecular weight excluding hydrogens is 318 g/mol. The van der Waals surface area contributed by atoms with Gasteiger partial charge in [0.15, 0.2) is 5.11 Å². The largest absolute Gasteiger partial charge is 0.352 e. The first-order valence-electron chi connectivity index (χ1n) is 7.77. The van der Waals surface area contributed by atoms with E-state index in [0.717, 1.165) is 22.2 Å². The number of hydrogen-bond acceptors (Lipinski definition) is 3. The minimum atomic E-state index is 0.00835. The van der Waals surface area contributed by atoms with Crippen LogP contribution in [0.25, 0.3) is 5.69 Å². The lowest BCUT2D eigenvalue weighted by atomic mass is 10.0. The Kier molecular flexibility index (Phi) is 3.74. The third kappa shape index (κ3) is 2.45. The van der Waals surface area contributed by atoms with Crippen LogP contribution in [-0.4, -0.2) is 31.6 Å². The highest BCUT2D eigenvalue weighted by molar-refractivity contribution is 7.80. The number of likely N-dealkylation sites (N-methyl/N-ethyl adjacent to an activating group) is 1. The van der Waals surface area contributed by atoms with Gasteiger partial charge in [0.05, 0.1) is 29.7 Å². The maximum Gasteiger partial charge on any atom is 0.169 e. The normalized spacial score (nSPS) is 20.2. The number of aromatic nitrogens is 3. The van der Waals surface area contributed by atoms with Gasteiger partial charge in [-0.25, -0.2) is 0 Å². The van der Waals surface area contributed by atoms with Gasteiger partial charge in [-0.2, -0.15) is 0 Å². The lowest BCUT2D eigenvalue weighted by molar-refractivity contribution is 0.357. The van der Waals surface area contributed by atoms with Crippen LogP contribution in [0.4, 0.5) is 0 Å². The van der Waals surface area contributed by atoms with Crippen LogP contribution in [0.1, 0.15) is 23.5 Å². The van der Waals surface area contributed by atoms with Gasteiger partial charge in [-0.05, 0) is 48.6 Å². The Morgan fingerprint density at radius 2 is 2.00 bits per heavy atom. The summed E-state index contributed by atoms with van der Waals surface area (Å²) in [6, 6.07) is 14.2. The monoisotopic (exact) mass is 335 g/mol. The lowest BCUT2D eigenvalue weighted by Crippen LogP contribution is -2.25. The summed E-state index contributed by atoms with van der Waals surface area (Å²) in [5, 5.41) is 4.13. The quantitative estimate of drug-likeness (QED) is 0.746. The molecule has 0 amide bonds. The van der Waals surface area contributed by atoms with Crippen molar-refractivity contribution < 1.29 is 0 Å². The zero-order chi connectivity index (χ0) is 16.5. The predicted octanol–water partition coefficient (Wildman–Crippen LogP) is 2.87. The second kappa shape index (κ2) is 6.05. The summed E-state index contributed by atoms with van der Waals surface area (Å²) in [5.41, 5.74) is 3.16. The van der Waals surface area contributed by atoms with E-state index in [0.29, 0.717) is 0 Å². The number of thiocarbonyl (C=S) groups is 1. The van der Waals surface area contributed by atoms with Gasteiger partial charge in [0.1, 0.15) is 0 Å². The van der Waals surface area contributed by atoms with Crippen LogP contribution in [-0.2, 0) is 0 Å². The van der Waals surface area contributed by atoms with Crippen LogP contribution in [0.3, 0.4) is 0 Å². The number of nitrogens with one attached hydrogen (secondary N) is 1. The van der Waals surface area contributed by atoms with Crippen molar-refractivity contribution in [2.24, 2.45) is 0 Å². The molecule has 3 aromatic heterocycles. The summed E-state index contributed by atoms with van der Waals surface area (Å²) in [7, 11) is 2.02. The molecule has 0 radical (unpaired) electrons. The molecule has 6 heteroatoms. The summed E-state index contributed by atoms with van der Waals surface area (Å²) in [6.07, 6.45) is 7.51. The fraction of sp³-hybridized carbons (Fsp3) is 0.167. The van der Waals surface area contributed by atoms with E-state index < -0.39 is 0 Å². The van der Waals surface area contributed by atoms with Crippen LogP contribution < -0.4 is 5.32 Å². The van der Waals surface area contributed by atoms with Crippen molar-refractivity contribution in [1.29, 1.82) is 0 Å². The molecule has 2 atom stereocenters. The number of nitrogens with zero attached hydrogens (tertiary/aromatic N) is 4. The van der Waals surface area contributed by atoms with E-state index in [4.69, 9.17) is 12.2 Å². The Balaban J connectivity index is 1.80. The summed E-state index contributed by atoms with van der Waals surface area (Å²) in [5.74, 6) is 0. The zero-order valence-corrected chi connectivity index (χ0v) is 14.0. The smallest absolute Gasteiger partial charge is 0.169 e. The van der Waals surface area contributed by atoms with E-state index in [9.17, 15) is 0 Å². The van der Waals surface area contributed by atoms with Crippen molar-refractivity contribution in [3.8, 4) is 5.69 Å². The first-order valence-corrected chi connectivity index (χ1v) is 8.18. The van der Waals surface area contributed by atoms with E-state index in [2.05, 4.69) is 37.0 Å². The molecule has 1 N–H and O–H groups in total. The van der Waals surface area contributed by atoms with Gasteiger partial charge in [0, 0.05) is 31.3 Å². The maximum absolute atomic E-state index is 5.50. The van der Waals surface area contributed by atoms with Crippen LogP contribution in [0, 0.1) is 0 Å². The molecule has 1 saturated heterocycles. The highest BCUT2D eigenvalue weighted by Crippen LogP contribution is 2.38. The molecule has 1 aliphatic heterocycles. The van der Waals surface area contributed by atoms with Crippen LogP contribution in [0.5, 0.6) is 0 Å².